The molecule has 0 aliphatic carbocycles. The Morgan fingerprint density at radius 1 is 1.11 bits per heavy atom. The van der Waals surface area contributed by atoms with Crippen molar-refractivity contribution in [2.45, 2.75) is 6.42 Å². The van der Waals surface area contributed by atoms with E-state index in [4.69, 9.17) is 5.73 Å². The highest BCUT2D eigenvalue weighted by molar-refractivity contribution is 5.92. The normalized spacial score (nSPS) is 10.2. The molecule has 98 valence electrons. The molecular weight excluding hydrogens is 250 g/mol. The second-order valence-corrected chi connectivity index (χ2v) is 4.09. The van der Waals surface area contributed by atoms with Gasteiger partial charge in [-0.05, 0) is 29.8 Å². The third-order valence-corrected chi connectivity index (χ3v) is 2.55. The van der Waals surface area contributed by atoms with E-state index in [0.717, 1.165) is 17.7 Å². The zero-order valence-electron chi connectivity index (χ0n) is 9.99. The lowest BCUT2D eigenvalue weighted by molar-refractivity contribution is -0.115. The molecule has 0 saturated carbocycles. The number of halogens is 2. The Kier molecular flexibility index (Phi) is 3.75. The highest BCUT2D eigenvalue weighted by Crippen LogP contribution is 2.15. The molecule has 0 heterocycles. The van der Waals surface area contributed by atoms with Gasteiger partial charge in [-0.1, -0.05) is 12.1 Å². The molecule has 0 radical (unpaired) electrons. The van der Waals surface area contributed by atoms with Crippen LogP contribution in [0.3, 0.4) is 0 Å². The Morgan fingerprint density at radius 2 is 1.79 bits per heavy atom. The summed E-state index contributed by atoms with van der Waals surface area (Å²) in [7, 11) is 0. The largest absolute Gasteiger partial charge is 0.399 e. The van der Waals surface area contributed by atoms with Crippen molar-refractivity contribution < 1.29 is 13.6 Å². The number of rotatable bonds is 3. The fourth-order valence-electron chi connectivity index (χ4n) is 1.61. The molecule has 2 aromatic rings. The lowest BCUT2D eigenvalue weighted by Crippen LogP contribution is -2.15. The summed E-state index contributed by atoms with van der Waals surface area (Å²) in [5, 5.41) is 2.39. The zero-order valence-corrected chi connectivity index (χ0v) is 9.99. The van der Waals surface area contributed by atoms with Gasteiger partial charge >= 0.3 is 0 Å². The number of anilines is 2. The van der Waals surface area contributed by atoms with Crippen molar-refractivity contribution >= 4 is 17.3 Å². The Bertz CT molecular complexity index is 597. The Labute approximate surface area is 109 Å². The molecule has 0 saturated heterocycles. The van der Waals surface area contributed by atoms with Gasteiger partial charge in [0.05, 0.1) is 12.1 Å². The van der Waals surface area contributed by atoms with Crippen LogP contribution in [-0.2, 0) is 11.2 Å². The van der Waals surface area contributed by atoms with Gasteiger partial charge in [-0.3, -0.25) is 4.79 Å². The van der Waals surface area contributed by atoms with E-state index in [9.17, 15) is 13.6 Å². The van der Waals surface area contributed by atoms with E-state index >= 15 is 0 Å². The van der Waals surface area contributed by atoms with Crippen molar-refractivity contribution in [3.8, 4) is 0 Å². The number of benzene rings is 2. The Morgan fingerprint density at radius 3 is 2.42 bits per heavy atom. The van der Waals surface area contributed by atoms with E-state index in [1.165, 1.54) is 6.07 Å². The average Bonchev–Trinajstić information content (AvgIpc) is 2.36. The van der Waals surface area contributed by atoms with E-state index in [1.54, 1.807) is 24.3 Å². The van der Waals surface area contributed by atoms with Crippen LogP contribution in [0, 0.1) is 11.6 Å². The maximum absolute atomic E-state index is 13.3. The van der Waals surface area contributed by atoms with Crippen molar-refractivity contribution in [2.24, 2.45) is 0 Å². The van der Waals surface area contributed by atoms with E-state index in [1.807, 2.05) is 0 Å². The molecule has 5 heteroatoms. The van der Waals surface area contributed by atoms with Crippen molar-refractivity contribution in [3.63, 3.8) is 0 Å². The fraction of sp³-hybridized carbons (Fsp3) is 0.0714. The van der Waals surface area contributed by atoms with E-state index in [2.05, 4.69) is 5.32 Å². The molecule has 0 aromatic heterocycles. The van der Waals surface area contributed by atoms with Crippen molar-refractivity contribution in [2.75, 3.05) is 11.1 Å². The van der Waals surface area contributed by atoms with Crippen LogP contribution < -0.4 is 11.1 Å². The summed E-state index contributed by atoms with van der Waals surface area (Å²) in [6.45, 7) is 0. The summed E-state index contributed by atoms with van der Waals surface area (Å²) in [4.78, 5) is 11.7. The molecule has 2 aromatic carbocycles. The number of nitrogens with two attached hydrogens (primary N) is 1. The molecule has 19 heavy (non-hydrogen) atoms. The molecule has 0 aliphatic rings. The van der Waals surface area contributed by atoms with Crippen LogP contribution >= 0.6 is 0 Å². The summed E-state index contributed by atoms with van der Waals surface area (Å²) >= 11 is 0. The maximum Gasteiger partial charge on any atom is 0.228 e. The second kappa shape index (κ2) is 5.48. The molecule has 0 spiro atoms. The zero-order chi connectivity index (χ0) is 13.8. The van der Waals surface area contributed by atoms with E-state index in [0.29, 0.717) is 5.69 Å². The summed E-state index contributed by atoms with van der Waals surface area (Å²) < 4.78 is 26.0. The van der Waals surface area contributed by atoms with Crippen LogP contribution in [0.1, 0.15) is 5.56 Å². The quantitative estimate of drug-likeness (QED) is 0.836. The molecule has 3 N–H and O–H groups in total. The molecule has 3 nitrogen and oxygen atoms in total. The summed E-state index contributed by atoms with van der Waals surface area (Å²) in [5.41, 5.74) is 6.85. The first-order valence-corrected chi connectivity index (χ1v) is 5.64. The summed E-state index contributed by atoms with van der Waals surface area (Å²) in [6.07, 6.45) is 0.0943. The molecule has 0 atom stereocenters. The molecule has 0 fully saturated rings. The predicted molar refractivity (Wildman–Crippen MR) is 69.5 cm³/mol. The topological polar surface area (TPSA) is 55.1 Å². The highest BCUT2D eigenvalue weighted by Gasteiger charge is 2.08. The number of nitrogen functional groups attached to an aromatic ring is 1. The monoisotopic (exact) mass is 262 g/mol. The first-order chi connectivity index (χ1) is 9.04. The minimum atomic E-state index is -0.800. The van der Waals surface area contributed by atoms with Crippen molar-refractivity contribution in [1.29, 1.82) is 0 Å². The molecular formula is C14H12F2N2O. The Balaban J connectivity index is 2.03. The number of carbonyl (C=O) groups excluding carboxylic acids is 1. The van der Waals surface area contributed by atoms with Crippen LogP contribution in [0.4, 0.5) is 20.2 Å². The first-order valence-electron chi connectivity index (χ1n) is 5.64. The first kappa shape index (κ1) is 13.0. The Hall–Kier alpha value is -2.43. The number of carbonyl (C=O) groups is 1. The van der Waals surface area contributed by atoms with Gasteiger partial charge in [-0.2, -0.15) is 0 Å². The minimum Gasteiger partial charge on any atom is -0.399 e. The number of amides is 1. The fourth-order valence-corrected chi connectivity index (χ4v) is 1.61. The molecule has 2 rings (SSSR count). The number of hydrogen-bond donors (Lipinski definition) is 2. The second-order valence-electron chi connectivity index (χ2n) is 4.09. The van der Waals surface area contributed by atoms with Gasteiger partial charge in [0.1, 0.15) is 11.6 Å². The van der Waals surface area contributed by atoms with Crippen LogP contribution in [0.15, 0.2) is 42.5 Å². The third-order valence-electron chi connectivity index (χ3n) is 2.55. The van der Waals surface area contributed by atoms with Crippen LogP contribution in [0.5, 0.6) is 0 Å². The van der Waals surface area contributed by atoms with E-state index < -0.39 is 11.6 Å². The molecule has 0 aliphatic heterocycles. The summed E-state index contributed by atoms with van der Waals surface area (Å²) in [6, 6.07) is 9.79. The van der Waals surface area contributed by atoms with Gasteiger partial charge in [0.25, 0.3) is 0 Å². The molecule has 0 bridgehead atoms. The van der Waals surface area contributed by atoms with Crippen molar-refractivity contribution in [1.82, 2.24) is 0 Å². The molecule has 1 amide bonds. The number of hydrogen-bond acceptors (Lipinski definition) is 2. The average molecular weight is 262 g/mol. The van der Waals surface area contributed by atoms with Crippen LogP contribution in [0.2, 0.25) is 0 Å². The number of nitrogens with one attached hydrogen (secondary N) is 1. The lowest BCUT2D eigenvalue weighted by Gasteiger charge is -2.06. The van der Waals surface area contributed by atoms with Gasteiger partial charge < -0.3 is 11.1 Å². The molecule has 0 unspecified atom stereocenters. The van der Waals surface area contributed by atoms with Gasteiger partial charge in [0.15, 0.2) is 0 Å². The minimum absolute atomic E-state index is 0.0400. The lowest BCUT2D eigenvalue weighted by atomic mass is 10.1. The van der Waals surface area contributed by atoms with Gasteiger partial charge in [-0.15, -0.1) is 0 Å². The predicted octanol–water partition coefficient (Wildman–Crippen LogP) is 2.73. The van der Waals surface area contributed by atoms with Crippen molar-refractivity contribution in [3.05, 3.63) is 59.7 Å². The highest BCUT2D eigenvalue weighted by atomic mass is 19.1. The summed E-state index contributed by atoms with van der Waals surface area (Å²) in [5.74, 6) is -1.87. The SMILES string of the molecule is Nc1ccc(CC(=O)Nc2ccc(F)cc2F)cc1. The standard InChI is InChI=1S/C14H12F2N2O/c15-10-3-6-13(12(16)8-10)18-14(19)7-9-1-4-11(17)5-2-9/h1-6,8H,7,17H2,(H,18,19). The smallest absolute Gasteiger partial charge is 0.228 e. The van der Waals surface area contributed by atoms with Crippen LogP contribution in [0.25, 0.3) is 0 Å². The van der Waals surface area contributed by atoms with Gasteiger partial charge in [0.2, 0.25) is 5.91 Å². The third kappa shape index (κ3) is 3.51. The van der Waals surface area contributed by atoms with Gasteiger partial charge in [0, 0.05) is 11.8 Å². The van der Waals surface area contributed by atoms with Gasteiger partial charge in [-0.25, -0.2) is 8.78 Å². The van der Waals surface area contributed by atoms with E-state index in [-0.39, 0.29) is 18.0 Å². The maximum atomic E-state index is 13.3. The van der Waals surface area contributed by atoms with Crippen LogP contribution in [-0.4, -0.2) is 5.91 Å².